The van der Waals surface area contributed by atoms with E-state index in [0.29, 0.717) is 22.2 Å². The lowest BCUT2D eigenvalue weighted by molar-refractivity contribution is 0.0697. The van der Waals surface area contributed by atoms with Crippen LogP contribution in [-0.4, -0.2) is 23.2 Å². The average Bonchev–Trinajstić information content (AvgIpc) is 2.38. The molecule has 2 unspecified atom stereocenters. The molecule has 20 heavy (non-hydrogen) atoms. The lowest BCUT2D eigenvalue weighted by Crippen LogP contribution is -2.53. The topological polar surface area (TPSA) is 75.3 Å². The number of anilines is 1. The Hall–Kier alpha value is -1.26. The van der Waals surface area contributed by atoms with E-state index in [0.717, 1.165) is 25.7 Å². The molecule has 0 aliphatic heterocycles. The summed E-state index contributed by atoms with van der Waals surface area (Å²) >= 11 is 6.06. The second kappa shape index (κ2) is 6.02. The first-order valence-electron chi connectivity index (χ1n) is 6.94. The predicted molar refractivity (Wildman–Crippen MR) is 80.8 cm³/mol. The smallest absolute Gasteiger partial charge is 0.253 e. The van der Waals surface area contributed by atoms with Gasteiger partial charge in [0.1, 0.15) is 0 Å². The molecule has 1 aromatic carbocycles. The van der Waals surface area contributed by atoms with Crippen molar-refractivity contribution in [2.24, 2.45) is 5.92 Å². The van der Waals surface area contributed by atoms with Crippen LogP contribution in [0.4, 0.5) is 5.69 Å². The largest absolute Gasteiger partial charge is 0.399 e. The number of carbonyl (C=O) groups excluding carboxylic acids is 1. The number of aliphatic hydroxyl groups is 1. The molecular formula is C15H21ClN2O2. The highest BCUT2D eigenvalue weighted by Gasteiger charge is 2.36. The number of hydrogen-bond donors (Lipinski definition) is 3. The second-order valence-electron chi connectivity index (χ2n) is 5.83. The van der Waals surface area contributed by atoms with Crippen LogP contribution in [0.2, 0.25) is 5.02 Å². The Morgan fingerprint density at radius 1 is 1.60 bits per heavy atom. The van der Waals surface area contributed by atoms with Crippen LogP contribution < -0.4 is 11.1 Å². The molecule has 0 spiro atoms. The van der Waals surface area contributed by atoms with E-state index in [4.69, 9.17) is 17.3 Å². The SMILES string of the molecule is CC1CCCC(CO)(NC(=O)c2ccc(N)cc2Cl)C1. The summed E-state index contributed by atoms with van der Waals surface area (Å²) in [5, 5.41) is 13.0. The molecule has 1 saturated carbocycles. The Kier molecular flexibility index (Phi) is 4.55. The number of amides is 1. The molecule has 0 heterocycles. The highest BCUT2D eigenvalue weighted by molar-refractivity contribution is 6.34. The minimum absolute atomic E-state index is 0.0460. The normalized spacial score (nSPS) is 26.2. The quantitative estimate of drug-likeness (QED) is 0.751. The molecule has 110 valence electrons. The summed E-state index contributed by atoms with van der Waals surface area (Å²) < 4.78 is 0. The van der Waals surface area contributed by atoms with Crippen LogP contribution in [0.5, 0.6) is 0 Å². The lowest BCUT2D eigenvalue weighted by atomic mass is 9.76. The highest BCUT2D eigenvalue weighted by atomic mass is 35.5. The maximum Gasteiger partial charge on any atom is 0.253 e. The number of hydrogen-bond acceptors (Lipinski definition) is 3. The third-order valence-electron chi connectivity index (χ3n) is 4.01. The summed E-state index contributed by atoms with van der Waals surface area (Å²) in [7, 11) is 0. The zero-order valence-electron chi connectivity index (χ0n) is 11.7. The fraction of sp³-hybridized carbons (Fsp3) is 0.533. The molecule has 0 radical (unpaired) electrons. The second-order valence-corrected chi connectivity index (χ2v) is 6.24. The fourth-order valence-electron chi connectivity index (χ4n) is 2.98. The standard InChI is InChI=1S/C15H21ClN2O2/c1-10-3-2-6-15(8-10,9-19)18-14(20)12-5-4-11(17)7-13(12)16/h4-5,7,10,19H,2-3,6,8-9,17H2,1H3,(H,18,20). The number of aliphatic hydroxyl groups excluding tert-OH is 1. The summed E-state index contributed by atoms with van der Waals surface area (Å²) in [5.41, 5.74) is 6.02. The molecular weight excluding hydrogens is 276 g/mol. The van der Waals surface area contributed by atoms with E-state index in [1.165, 1.54) is 0 Å². The van der Waals surface area contributed by atoms with E-state index in [1.807, 2.05) is 0 Å². The van der Waals surface area contributed by atoms with Crippen molar-refractivity contribution in [3.05, 3.63) is 28.8 Å². The number of rotatable bonds is 3. The van der Waals surface area contributed by atoms with Crippen LogP contribution in [0.15, 0.2) is 18.2 Å². The number of halogens is 1. The van der Waals surface area contributed by atoms with Crippen molar-refractivity contribution >= 4 is 23.2 Å². The van der Waals surface area contributed by atoms with E-state index in [9.17, 15) is 9.90 Å². The molecule has 0 saturated heterocycles. The molecule has 4 nitrogen and oxygen atoms in total. The lowest BCUT2D eigenvalue weighted by Gasteiger charge is -2.39. The van der Waals surface area contributed by atoms with Crippen LogP contribution in [0.25, 0.3) is 0 Å². The molecule has 1 aliphatic rings. The van der Waals surface area contributed by atoms with Gasteiger partial charge in [-0.1, -0.05) is 31.4 Å². The first kappa shape index (κ1) is 15.1. The molecule has 1 amide bonds. The Bertz CT molecular complexity index is 507. The van der Waals surface area contributed by atoms with Crippen molar-refractivity contribution in [1.29, 1.82) is 0 Å². The van der Waals surface area contributed by atoms with Crippen LogP contribution in [0.1, 0.15) is 43.0 Å². The maximum atomic E-state index is 12.4. The third-order valence-corrected chi connectivity index (χ3v) is 4.32. The van der Waals surface area contributed by atoms with E-state index >= 15 is 0 Å². The van der Waals surface area contributed by atoms with Crippen molar-refractivity contribution in [3.63, 3.8) is 0 Å². The average molecular weight is 297 g/mol. The van der Waals surface area contributed by atoms with Gasteiger partial charge in [0.15, 0.2) is 0 Å². The Balaban J connectivity index is 2.16. The van der Waals surface area contributed by atoms with E-state index in [1.54, 1.807) is 18.2 Å². The van der Waals surface area contributed by atoms with Crippen molar-refractivity contribution in [2.75, 3.05) is 12.3 Å². The van der Waals surface area contributed by atoms with Crippen LogP contribution in [0, 0.1) is 5.92 Å². The summed E-state index contributed by atoms with van der Waals surface area (Å²) in [5.74, 6) is 0.247. The van der Waals surface area contributed by atoms with Gasteiger partial charge in [-0.3, -0.25) is 4.79 Å². The number of carbonyl (C=O) groups is 1. The molecule has 0 bridgehead atoms. The van der Waals surface area contributed by atoms with Gasteiger partial charge in [-0.2, -0.15) is 0 Å². The number of benzene rings is 1. The summed E-state index contributed by atoms with van der Waals surface area (Å²) in [4.78, 5) is 12.4. The minimum atomic E-state index is -0.528. The van der Waals surface area contributed by atoms with E-state index < -0.39 is 5.54 Å². The Morgan fingerprint density at radius 2 is 2.35 bits per heavy atom. The first-order valence-corrected chi connectivity index (χ1v) is 7.32. The molecule has 0 aromatic heterocycles. The molecule has 1 aliphatic carbocycles. The van der Waals surface area contributed by atoms with Crippen LogP contribution in [-0.2, 0) is 0 Å². The van der Waals surface area contributed by atoms with Gasteiger partial charge in [0.25, 0.3) is 5.91 Å². The van der Waals surface area contributed by atoms with Gasteiger partial charge >= 0.3 is 0 Å². The third kappa shape index (κ3) is 3.25. The van der Waals surface area contributed by atoms with Gasteiger partial charge < -0.3 is 16.2 Å². The molecule has 2 atom stereocenters. The molecule has 4 N–H and O–H groups in total. The summed E-state index contributed by atoms with van der Waals surface area (Å²) in [6.45, 7) is 2.10. The van der Waals surface area contributed by atoms with Crippen LogP contribution in [0.3, 0.4) is 0 Å². The number of nitrogens with one attached hydrogen (secondary N) is 1. The molecule has 1 aromatic rings. The molecule has 5 heteroatoms. The molecule has 1 fully saturated rings. The predicted octanol–water partition coefficient (Wildman–Crippen LogP) is 2.59. The van der Waals surface area contributed by atoms with Gasteiger partial charge in [-0.25, -0.2) is 0 Å². The van der Waals surface area contributed by atoms with Crippen molar-refractivity contribution < 1.29 is 9.90 Å². The highest BCUT2D eigenvalue weighted by Crippen LogP contribution is 2.32. The van der Waals surface area contributed by atoms with Crippen molar-refractivity contribution in [3.8, 4) is 0 Å². The van der Waals surface area contributed by atoms with Gasteiger partial charge in [0, 0.05) is 5.69 Å². The number of nitrogens with two attached hydrogens (primary N) is 1. The minimum Gasteiger partial charge on any atom is -0.399 e. The molecule has 2 rings (SSSR count). The fourth-order valence-corrected chi connectivity index (χ4v) is 3.26. The zero-order chi connectivity index (χ0) is 14.8. The summed E-state index contributed by atoms with van der Waals surface area (Å²) in [6.07, 6.45) is 3.74. The maximum absolute atomic E-state index is 12.4. The zero-order valence-corrected chi connectivity index (χ0v) is 12.4. The van der Waals surface area contributed by atoms with Crippen LogP contribution >= 0.6 is 11.6 Å². The number of nitrogen functional groups attached to an aromatic ring is 1. The first-order chi connectivity index (χ1) is 9.46. The van der Waals surface area contributed by atoms with Crippen molar-refractivity contribution in [2.45, 2.75) is 38.1 Å². The monoisotopic (exact) mass is 296 g/mol. The Labute approximate surface area is 124 Å². The van der Waals surface area contributed by atoms with Gasteiger partial charge in [0.05, 0.1) is 22.7 Å². The van der Waals surface area contributed by atoms with E-state index in [-0.39, 0.29) is 12.5 Å². The van der Waals surface area contributed by atoms with Gasteiger partial charge in [-0.15, -0.1) is 0 Å². The van der Waals surface area contributed by atoms with Crippen molar-refractivity contribution in [1.82, 2.24) is 5.32 Å². The van der Waals surface area contributed by atoms with Gasteiger partial charge in [-0.05, 0) is 37.0 Å². The Morgan fingerprint density at radius 3 is 2.95 bits per heavy atom. The van der Waals surface area contributed by atoms with E-state index in [2.05, 4.69) is 12.2 Å². The van der Waals surface area contributed by atoms with Gasteiger partial charge in [0.2, 0.25) is 0 Å². The summed E-state index contributed by atoms with van der Waals surface area (Å²) in [6, 6.07) is 4.83.